The molecular formula is C10H22N2O2. The summed E-state index contributed by atoms with van der Waals surface area (Å²) in [6, 6.07) is 0.197. The predicted molar refractivity (Wildman–Crippen MR) is 55.7 cm³/mol. The van der Waals surface area contributed by atoms with Gasteiger partial charge in [0.25, 0.3) is 0 Å². The molecule has 0 aromatic heterocycles. The Morgan fingerprint density at radius 2 is 2.21 bits per heavy atom. The van der Waals surface area contributed by atoms with E-state index in [9.17, 15) is 0 Å². The Bertz CT molecular complexity index is 158. The zero-order valence-electron chi connectivity index (χ0n) is 9.32. The molecule has 14 heavy (non-hydrogen) atoms. The molecule has 3 N–H and O–H groups in total. The maximum Gasteiger partial charge on any atom is 0.0764 e. The second-order valence-corrected chi connectivity index (χ2v) is 4.26. The largest absolute Gasteiger partial charge is 0.381 e. The molecule has 0 saturated carbocycles. The van der Waals surface area contributed by atoms with E-state index in [1.807, 2.05) is 0 Å². The molecule has 0 spiro atoms. The number of rotatable bonds is 5. The monoisotopic (exact) mass is 202 g/mol. The van der Waals surface area contributed by atoms with Crippen LogP contribution in [0.1, 0.15) is 20.3 Å². The normalized spacial score (nSPS) is 26.8. The molecule has 4 nitrogen and oxygen atoms in total. The first-order valence-corrected chi connectivity index (χ1v) is 5.27. The first-order valence-electron chi connectivity index (χ1n) is 5.27. The number of hydrazine groups is 1. The minimum Gasteiger partial charge on any atom is -0.381 e. The fourth-order valence-electron chi connectivity index (χ4n) is 2.17. The van der Waals surface area contributed by atoms with Gasteiger partial charge in [-0.1, -0.05) is 13.8 Å². The number of hydrogen-bond acceptors (Lipinski definition) is 4. The third kappa shape index (κ3) is 2.67. The molecule has 1 heterocycles. The lowest BCUT2D eigenvalue weighted by atomic mass is 9.89. The minimum absolute atomic E-state index is 0.159. The van der Waals surface area contributed by atoms with Gasteiger partial charge in [-0.3, -0.25) is 11.3 Å². The van der Waals surface area contributed by atoms with E-state index in [0.29, 0.717) is 11.8 Å². The number of hydrogen-bond donors (Lipinski definition) is 2. The van der Waals surface area contributed by atoms with E-state index in [1.165, 1.54) is 0 Å². The summed E-state index contributed by atoms with van der Waals surface area (Å²) in [7, 11) is 1.74. The summed E-state index contributed by atoms with van der Waals surface area (Å²) < 4.78 is 10.8. The highest BCUT2D eigenvalue weighted by atomic mass is 16.5. The van der Waals surface area contributed by atoms with Crippen molar-refractivity contribution in [2.24, 2.45) is 17.7 Å². The van der Waals surface area contributed by atoms with Crippen LogP contribution in [0, 0.1) is 11.8 Å². The number of ether oxygens (including phenoxy) is 2. The lowest BCUT2D eigenvalue weighted by Gasteiger charge is -2.32. The van der Waals surface area contributed by atoms with Crippen LogP contribution >= 0.6 is 0 Å². The van der Waals surface area contributed by atoms with Gasteiger partial charge in [-0.15, -0.1) is 0 Å². The molecule has 84 valence electrons. The first-order chi connectivity index (χ1) is 6.70. The van der Waals surface area contributed by atoms with Crippen LogP contribution in [0.5, 0.6) is 0 Å². The summed E-state index contributed by atoms with van der Waals surface area (Å²) in [6.07, 6.45) is 1.23. The van der Waals surface area contributed by atoms with Crippen molar-refractivity contribution in [3.8, 4) is 0 Å². The maximum absolute atomic E-state index is 5.58. The predicted octanol–water partition coefficient (Wildman–Crippen LogP) is 0.526. The van der Waals surface area contributed by atoms with E-state index in [2.05, 4.69) is 19.3 Å². The summed E-state index contributed by atoms with van der Waals surface area (Å²) in [5.74, 6) is 6.52. The van der Waals surface area contributed by atoms with Crippen molar-refractivity contribution in [1.82, 2.24) is 5.43 Å². The Morgan fingerprint density at radius 1 is 1.50 bits per heavy atom. The van der Waals surface area contributed by atoms with Crippen molar-refractivity contribution in [2.75, 3.05) is 20.3 Å². The van der Waals surface area contributed by atoms with Crippen molar-refractivity contribution >= 4 is 0 Å². The van der Waals surface area contributed by atoms with Crippen LogP contribution in [0.3, 0.4) is 0 Å². The van der Waals surface area contributed by atoms with Crippen LogP contribution in [0.25, 0.3) is 0 Å². The zero-order valence-corrected chi connectivity index (χ0v) is 9.32. The van der Waals surface area contributed by atoms with Crippen LogP contribution in [-0.4, -0.2) is 32.5 Å². The Morgan fingerprint density at radius 3 is 2.57 bits per heavy atom. The van der Waals surface area contributed by atoms with E-state index in [4.69, 9.17) is 15.3 Å². The van der Waals surface area contributed by atoms with Gasteiger partial charge in [0.1, 0.15) is 0 Å². The standard InChI is InChI=1S/C10H22N2O2/c1-7(2)10(13-3)9(12-11)8-4-5-14-6-8/h7-10,12H,4-6,11H2,1-3H3. The second-order valence-electron chi connectivity index (χ2n) is 4.26. The van der Waals surface area contributed by atoms with E-state index < -0.39 is 0 Å². The highest BCUT2D eigenvalue weighted by Crippen LogP contribution is 2.23. The second kappa shape index (κ2) is 5.66. The summed E-state index contributed by atoms with van der Waals surface area (Å²) in [5, 5.41) is 0. The van der Waals surface area contributed by atoms with Gasteiger partial charge in [0.05, 0.1) is 18.8 Å². The van der Waals surface area contributed by atoms with E-state index >= 15 is 0 Å². The lowest BCUT2D eigenvalue weighted by Crippen LogP contribution is -2.51. The highest BCUT2D eigenvalue weighted by Gasteiger charge is 2.33. The molecule has 0 aliphatic carbocycles. The van der Waals surface area contributed by atoms with Crippen LogP contribution in [-0.2, 0) is 9.47 Å². The molecule has 3 atom stereocenters. The number of nitrogens with two attached hydrogens (primary N) is 1. The van der Waals surface area contributed by atoms with Gasteiger partial charge >= 0.3 is 0 Å². The van der Waals surface area contributed by atoms with Crippen LogP contribution in [0.15, 0.2) is 0 Å². The first kappa shape index (κ1) is 11.9. The minimum atomic E-state index is 0.159. The van der Waals surface area contributed by atoms with Gasteiger partial charge in [0.2, 0.25) is 0 Å². The van der Waals surface area contributed by atoms with Crippen LogP contribution < -0.4 is 11.3 Å². The third-order valence-electron chi connectivity index (χ3n) is 2.95. The Hall–Kier alpha value is -0.160. The van der Waals surface area contributed by atoms with E-state index in [1.54, 1.807) is 7.11 Å². The molecule has 0 aromatic carbocycles. The van der Waals surface area contributed by atoms with Crippen molar-refractivity contribution in [1.29, 1.82) is 0 Å². The van der Waals surface area contributed by atoms with Gasteiger partial charge in [0, 0.05) is 19.6 Å². The maximum atomic E-state index is 5.58. The van der Waals surface area contributed by atoms with Crippen molar-refractivity contribution in [3.63, 3.8) is 0 Å². The Kier molecular flexibility index (Phi) is 4.81. The molecule has 1 fully saturated rings. The van der Waals surface area contributed by atoms with Gasteiger partial charge in [-0.25, -0.2) is 0 Å². The molecule has 0 bridgehead atoms. The van der Waals surface area contributed by atoms with Gasteiger partial charge in [0.15, 0.2) is 0 Å². The van der Waals surface area contributed by atoms with Crippen molar-refractivity contribution in [2.45, 2.75) is 32.4 Å². The lowest BCUT2D eigenvalue weighted by molar-refractivity contribution is 0.0126. The van der Waals surface area contributed by atoms with E-state index in [-0.39, 0.29) is 12.1 Å². The fourth-order valence-corrected chi connectivity index (χ4v) is 2.17. The topological polar surface area (TPSA) is 56.5 Å². The smallest absolute Gasteiger partial charge is 0.0764 e. The van der Waals surface area contributed by atoms with Crippen molar-refractivity contribution in [3.05, 3.63) is 0 Å². The molecule has 0 aromatic rings. The molecule has 1 rings (SSSR count). The average Bonchev–Trinajstić information content (AvgIpc) is 2.65. The highest BCUT2D eigenvalue weighted by molar-refractivity contribution is 4.86. The quantitative estimate of drug-likeness (QED) is 0.504. The molecular weight excluding hydrogens is 180 g/mol. The fraction of sp³-hybridized carbons (Fsp3) is 1.00. The molecule has 1 saturated heterocycles. The zero-order chi connectivity index (χ0) is 10.6. The molecule has 0 amide bonds. The summed E-state index contributed by atoms with van der Waals surface area (Å²) >= 11 is 0. The SMILES string of the molecule is COC(C(C)C)C(NN)C1CCOC1. The molecule has 0 radical (unpaired) electrons. The average molecular weight is 202 g/mol. The third-order valence-corrected chi connectivity index (χ3v) is 2.95. The van der Waals surface area contributed by atoms with Crippen LogP contribution in [0.4, 0.5) is 0 Å². The number of nitrogens with one attached hydrogen (secondary N) is 1. The van der Waals surface area contributed by atoms with Gasteiger partial charge in [-0.2, -0.15) is 0 Å². The number of methoxy groups -OCH3 is 1. The summed E-state index contributed by atoms with van der Waals surface area (Å²) in [5.41, 5.74) is 2.87. The van der Waals surface area contributed by atoms with Gasteiger partial charge in [-0.05, 0) is 12.3 Å². The summed E-state index contributed by atoms with van der Waals surface area (Å²) in [4.78, 5) is 0. The van der Waals surface area contributed by atoms with Gasteiger partial charge < -0.3 is 9.47 Å². The molecule has 3 unspecified atom stereocenters. The van der Waals surface area contributed by atoms with E-state index in [0.717, 1.165) is 19.6 Å². The molecule has 1 aliphatic heterocycles. The Labute approximate surface area is 86.1 Å². The Balaban J connectivity index is 2.57. The van der Waals surface area contributed by atoms with Crippen LogP contribution in [0.2, 0.25) is 0 Å². The molecule has 4 heteroatoms. The summed E-state index contributed by atoms with van der Waals surface area (Å²) in [6.45, 7) is 5.93. The van der Waals surface area contributed by atoms with Crippen molar-refractivity contribution < 1.29 is 9.47 Å². The molecule has 1 aliphatic rings.